The van der Waals surface area contributed by atoms with E-state index in [1.54, 1.807) is 18.2 Å². The molecule has 0 bridgehead atoms. The maximum Gasteiger partial charge on any atom is 0.338 e. The number of alkyl halides is 3. The zero-order valence-corrected chi connectivity index (χ0v) is 11.1. The third kappa shape index (κ3) is 3.82. The SMILES string of the molecule is NNC(Cc1ccc(Br)cc1Cl)C(F)(F)Cl. The fourth-order valence-electron chi connectivity index (χ4n) is 1.18. The summed E-state index contributed by atoms with van der Waals surface area (Å²) in [6.07, 6.45) is -0.0564. The van der Waals surface area contributed by atoms with Crippen LogP contribution in [0.3, 0.4) is 0 Å². The molecule has 1 aromatic carbocycles. The van der Waals surface area contributed by atoms with Crippen molar-refractivity contribution in [3.63, 3.8) is 0 Å². The maximum atomic E-state index is 12.9. The fourth-order valence-corrected chi connectivity index (χ4v) is 2.07. The van der Waals surface area contributed by atoms with E-state index in [0.29, 0.717) is 10.6 Å². The average Bonchev–Trinajstić information content (AvgIpc) is 2.14. The number of nitrogens with two attached hydrogens (primary N) is 1. The van der Waals surface area contributed by atoms with Gasteiger partial charge in [0.15, 0.2) is 0 Å². The Morgan fingerprint density at radius 3 is 2.56 bits per heavy atom. The van der Waals surface area contributed by atoms with Gasteiger partial charge < -0.3 is 0 Å². The second-order valence-corrected chi connectivity index (χ2v) is 5.03. The predicted molar refractivity (Wildman–Crippen MR) is 64.8 cm³/mol. The zero-order valence-electron chi connectivity index (χ0n) is 7.98. The van der Waals surface area contributed by atoms with Gasteiger partial charge in [-0.15, -0.1) is 0 Å². The van der Waals surface area contributed by atoms with E-state index in [-0.39, 0.29) is 6.42 Å². The molecule has 0 saturated carbocycles. The van der Waals surface area contributed by atoms with Crippen LogP contribution in [0.5, 0.6) is 0 Å². The summed E-state index contributed by atoms with van der Waals surface area (Å²) < 4.78 is 26.5. The molecule has 0 radical (unpaired) electrons. The fraction of sp³-hybridized carbons (Fsp3) is 0.333. The molecular weight excluding hydrogens is 325 g/mol. The first kappa shape index (κ1) is 14.1. The van der Waals surface area contributed by atoms with Crippen molar-refractivity contribution < 1.29 is 8.78 Å². The van der Waals surface area contributed by atoms with Crippen LogP contribution in [0.4, 0.5) is 8.78 Å². The van der Waals surface area contributed by atoms with Crippen molar-refractivity contribution in [2.45, 2.75) is 17.8 Å². The monoisotopic (exact) mass is 332 g/mol. The van der Waals surface area contributed by atoms with Gasteiger partial charge in [0.25, 0.3) is 0 Å². The Bertz CT molecular complexity index is 371. The van der Waals surface area contributed by atoms with Crippen molar-refractivity contribution in [3.05, 3.63) is 33.3 Å². The van der Waals surface area contributed by atoms with Crippen molar-refractivity contribution in [3.8, 4) is 0 Å². The van der Waals surface area contributed by atoms with Gasteiger partial charge in [-0.2, -0.15) is 8.78 Å². The largest absolute Gasteiger partial charge is 0.338 e. The number of hydrogen-bond donors (Lipinski definition) is 2. The molecule has 0 heterocycles. The molecule has 0 spiro atoms. The van der Waals surface area contributed by atoms with Crippen molar-refractivity contribution in [1.82, 2.24) is 5.43 Å². The molecule has 1 rings (SSSR count). The molecule has 1 atom stereocenters. The highest BCUT2D eigenvalue weighted by atomic mass is 79.9. The number of hydrogen-bond acceptors (Lipinski definition) is 2. The lowest BCUT2D eigenvalue weighted by Crippen LogP contribution is -2.46. The van der Waals surface area contributed by atoms with E-state index in [1.165, 1.54) is 0 Å². The second-order valence-electron chi connectivity index (χ2n) is 3.20. The molecule has 90 valence electrons. The van der Waals surface area contributed by atoms with E-state index < -0.39 is 11.4 Å². The summed E-state index contributed by atoms with van der Waals surface area (Å²) in [6.45, 7) is 0. The van der Waals surface area contributed by atoms with Crippen LogP contribution in [0.2, 0.25) is 5.02 Å². The molecule has 0 aliphatic heterocycles. The summed E-state index contributed by atoms with van der Waals surface area (Å²) in [4.78, 5) is 0. The van der Waals surface area contributed by atoms with E-state index in [0.717, 1.165) is 4.47 Å². The second kappa shape index (κ2) is 5.60. The number of hydrazine groups is 1. The smallest absolute Gasteiger partial charge is 0.271 e. The van der Waals surface area contributed by atoms with Crippen LogP contribution in [0.25, 0.3) is 0 Å². The lowest BCUT2D eigenvalue weighted by Gasteiger charge is -2.21. The highest BCUT2D eigenvalue weighted by Crippen LogP contribution is 2.29. The Hall–Kier alpha value is 0.0600. The molecule has 0 saturated heterocycles. The molecular formula is C9H9BrCl2F2N2. The quantitative estimate of drug-likeness (QED) is 0.504. The highest BCUT2D eigenvalue weighted by Gasteiger charge is 2.36. The Labute approximate surface area is 110 Å². The molecule has 16 heavy (non-hydrogen) atoms. The average molecular weight is 334 g/mol. The minimum absolute atomic E-state index is 0.0564. The van der Waals surface area contributed by atoms with Crippen molar-refractivity contribution >= 4 is 39.1 Å². The Kier molecular flexibility index (Phi) is 4.94. The van der Waals surface area contributed by atoms with E-state index in [2.05, 4.69) is 15.9 Å². The Morgan fingerprint density at radius 2 is 2.12 bits per heavy atom. The van der Waals surface area contributed by atoms with Gasteiger partial charge in [0.05, 0.1) is 0 Å². The van der Waals surface area contributed by atoms with Gasteiger partial charge >= 0.3 is 5.38 Å². The lowest BCUT2D eigenvalue weighted by molar-refractivity contribution is 0.0503. The van der Waals surface area contributed by atoms with E-state index in [1.807, 2.05) is 5.43 Å². The first-order chi connectivity index (χ1) is 7.34. The summed E-state index contributed by atoms with van der Waals surface area (Å²) in [7, 11) is 0. The summed E-state index contributed by atoms with van der Waals surface area (Å²) in [5.74, 6) is 5.02. The molecule has 7 heteroatoms. The molecule has 3 N–H and O–H groups in total. The van der Waals surface area contributed by atoms with Gasteiger partial charge in [0.1, 0.15) is 6.04 Å². The molecule has 2 nitrogen and oxygen atoms in total. The van der Waals surface area contributed by atoms with Gasteiger partial charge in [-0.05, 0) is 35.7 Å². The molecule has 0 aromatic heterocycles. The summed E-state index contributed by atoms with van der Waals surface area (Å²) in [5.41, 5.74) is 2.53. The van der Waals surface area contributed by atoms with Crippen LogP contribution in [0.1, 0.15) is 5.56 Å². The Balaban J connectivity index is 2.86. The third-order valence-corrected chi connectivity index (χ3v) is 3.14. The van der Waals surface area contributed by atoms with Crippen LogP contribution in [0.15, 0.2) is 22.7 Å². The molecule has 1 aromatic rings. The topological polar surface area (TPSA) is 38.0 Å². The van der Waals surface area contributed by atoms with E-state index in [4.69, 9.17) is 29.0 Å². The lowest BCUT2D eigenvalue weighted by atomic mass is 10.1. The third-order valence-electron chi connectivity index (χ3n) is 2.04. The summed E-state index contributed by atoms with van der Waals surface area (Å²) >= 11 is 14.0. The standard InChI is InChI=1S/C9H9BrCl2F2N2/c10-6-2-1-5(7(11)4-6)3-8(16-15)9(12,13)14/h1-2,4,8,16H,3,15H2. The Morgan fingerprint density at radius 1 is 1.50 bits per heavy atom. The maximum absolute atomic E-state index is 12.9. The molecule has 0 amide bonds. The zero-order chi connectivity index (χ0) is 12.3. The van der Waals surface area contributed by atoms with Gasteiger partial charge in [-0.1, -0.05) is 33.6 Å². The molecule has 1 unspecified atom stereocenters. The van der Waals surface area contributed by atoms with Gasteiger partial charge in [-0.25, -0.2) is 5.43 Å². The minimum Gasteiger partial charge on any atom is -0.271 e. The van der Waals surface area contributed by atoms with E-state index in [9.17, 15) is 8.78 Å². The van der Waals surface area contributed by atoms with Gasteiger partial charge in [0.2, 0.25) is 0 Å². The van der Waals surface area contributed by atoms with Crippen LogP contribution < -0.4 is 11.3 Å². The van der Waals surface area contributed by atoms with Crippen LogP contribution in [-0.2, 0) is 6.42 Å². The summed E-state index contributed by atoms with van der Waals surface area (Å²) in [5, 5.41) is -3.04. The number of rotatable bonds is 4. The number of benzene rings is 1. The molecule has 0 fully saturated rings. The number of halogens is 5. The van der Waals surface area contributed by atoms with Crippen molar-refractivity contribution in [1.29, 1.82) is 0 Å². The van der Waals surface area contributed by atoms with Gasteiger partial charge in [0, 0.05) is 9.50 Å². The summed E-state index contributed by atoms with van der Waals surface area (Å²) in [6, 6.07) is 3.60. The van der Waals surface area contributed by atoms with E-state index >= 15 is 0 Å². The number of nitrogens with one attached hydrogen (secondary N) is 1. The first-order valence-corrected chi connectivity index (χ1v) is 5.86. The minimum atomic E-state index is -3.43. The predicted octanol–water partition coefficient (Wildman–Crippen LogP) is 3.31. The van der Waals surface area contributed by atoms with Crippen LogP contribution in [0, 0.1) is 0 Å². The molecule has 0 aliphatic rings. The van der Waals surface area contributed by atoms with Crippen LogP contribution in [-0.4, -0.2) is 11.4 Å². The normalized spacial score (nSPS) is 13.9. The van der Waals surface area contributed by atoms with Crippen LogP contribution >= 0.6 is 39.1 Å². The van der Waals surface area contributed by atoms with Crippen molar-refractivity contribution in [2.24, 2.45) is 5.84 Å². The highest BCUT2D eigenvalue weighted by molar-refractivity contribution is 9.10. The van der Waals surface area contributed by atoms with Gasteiger partial charge in [-0.3, -0.25) is 5.84 Å². The van der Waals surface area contributed by atoms with Crippen molar-refractivity contribution in [2.75, 3.05) is 0 Å². The molecule has 0 aliphatic carbocycles. The first-order valence-electron chi connectivity index (χ1n) is 4.31.